The summed E-state index contributed by atoms with van der Waals surface area (Å²) in [5, 5.41) is 3.21. The Balaban J connectivity index is 0.00000288. The van der Waals surface area contributed by atoms with Gasteiger partial charge in [0, 0.05) is 38.8 Å². The largest absolute Gasteiger partial charge is 0.370 e. The van der Waals surface area contributed by atoms with E-state index in [2.05, 4.69) is 58.2 Å². The topological polar surface area (TPSA) is 56.9 Å². The smallest absolute Gasteiger partial charge is 0.188 e. The van der Waals surface area contributed by atoms with Gasteiger partial charge in [0.15, 0.2) is 5.96 Å². The van der Waals surface area contributed by atoms with E-state index < -0.39 is 0 Å². The zero-order chi connectivity index (χ0) is 16.5. The summed E-state index contributed by atoms with van der Waals surface area (Å²) in [6, 6.07) is 10.9. The fourth-order valence-corrected chi connectivity index (χ4v) is 2.90. The molecule has 1 atom stereocenters. The fourth-order valence-electron chi connectivity index (χ4n) is 2.90. The van der Waals surface area contributed by atoms with E-state index in [1.165, 1.54) is 5.56 Å². The van der Waals surface area contributed by atoms with Crippen molar-refractivity contribution in [2.75, 3.05) is 45.8 Å². The number of aliphatic imine (C=N–C) groups is 1. The molecule has 2 rings (SSSR count). The molecule has 1 unspecified atom stereocenters. The van der Waals surface area contributed by atoms with E-state index in [1.54, 1.807) is 0 Å². The molecule has 0 radical (unpaired) electrons. The number of halogens is 1. The number of benzene rings is 1. The first kappa shape index (κ1) is 21.2. The van der Waals surface area contributed by atoms with Gasteiger partial charge in [-0.25, -0.2) is 0 Å². The van der Waals surface area contributed by atoms with Crippen LogP contribution in [0.5, 0.6) is 0 Å². The van der Waals surface area contributed by atoms with E-state index in [1.807, 2.05) is 6.07 Å². The van der Waals surface area contributed by atoms with Crippen LogP contribution in [0.1, 0.15) is 19.4 Å². The van der Waals surface area contributed by atoms with Crippen molar-refractivity contribution < 1.29 is 0 Å². The SMILES string of the molecule is CCN1CCN(C(C)CN=C(N)NCCc2ccccc2)CC1.I. The second-order valence-electron chi connectivity index (χ2n) is 6.21. The molecule has 0 aromatic heterocycles. The maximum Gasteiger partial charge on any atom is 0.188 e. The Labute approximate surface area is 163 Å². The van der Waals surface area contributed by atoms with Gasteiger partial charge in [0.2, 0.25) is 0 Å². The number of piperazine rings is 1. The number of guanidine groups is 1. The Hall–Kier alpha value is -0.860. The van der Waals surface area contributed by atoms with Crippen molar-refractivity contribution in [3.05, 3.63) is 35.9 Å². The monoisotopic (exact) mass is 445 g/mol. The van der Waals surface area contributed by atoms with Gasteiger partial charge in [-0.05, 0) is 25.5 Å². The highest BCUT2D eigenvalue weighted by Crippen LogP contribution is 2.06. The van der Waals surface area contributed by atoms with E-state index in [4.69, 9.17) is 5.73 Å². The summed E-state index contributed by atoms with van der Waals surface area (Å²) >= 11 is 0. The van der Waals surface area contributed by atoms with Crippen molar-refractivity contribution in [3.8, 4) is 0 Å². The molecular weight excluding hydrogens is 413 g/mol. The van der Waals surface area contributed by atoms with Crippen molar-refractivity contribution in [2.45, 2.75) is 26.3 Å². The van der Waals surface area contributed by atoms with Crippen LogP contribution in [0, 0.1) is 0 Å². The predicted molar refractivity (Wildman–Crippen MR) is 113 cm³/mol. The molecule has 1 aromatic carbocycles. The molecule has 0 spiro atoms. The number of likely N-dealkylation sites (N-methyl/N-ethyl adjacent to an activating group) is 1. The average molecular weight is 445 g/mol. The number of hydrogen-bond donors (Lipinski definition) is 2. The number of rotatable bonds is 7. The molecule has 0 amide bonds. The predicted octanol–water partition coefficient (Wildman–Crippen LogP) is 1.78. The molecule has 0 bridgehead atoms. The zero-order valence-corrected chi connectivity index (χ0v) is 17.3. The number of hydrogen-bond acceptors (Lipinski definition) is 3. The third kappa shape index (κ3) is 7.36. The molecule has 1 aliphatic heterocycles. The number of nitrogens with one attached hydrogen (secondary N) is 1. The lowest BCUT2D eigenvalue weighted by molar-refractivity contribution is 0.109. The minimum atomic E-state index is 0. The van der Waals surface area contributed by atoms with Crippen molar-refractivity contribution in [3.63, 3.8) is 0 Å². The number of nitrogens with two attached hydrogens (primary N) is 1. The first-order valence-electron chi connectivity index (χ1n) is 8.73. The van der Waals surface area contributed by atoms with Gasteiger partial charge in [0.1, 0.15) is 0 Å². The molecule has 3 N–H and O–H groups in total. The standard InChI is InChI=1S/C18H31N5.HI/c1-3-22-11-13-23(14-12-22)16(2)15-21-18(19)20-10-9-17-7-5-4-6-8-17;/h4-8,16H,3,9-15H2,1-2H3,(H3,19,20,21);1H. The van der Waals surface area contributed by atoms with Gasteiger partial charge in [0.25, 0.3) is 0 Å². The Kier molecular flexibility index (Phi) is 10.3. The van der Waals surface area contributed by atoms with Crippen LogP contribution in [0.15, 0.2) is 35.3 Å². The minimum absolute atomic E-state index is 0. The maximum atomic E-state index is 5.97. The summed E-state index contributed by atoms with van der Waals surface area (Å²) in [5.41, 5.74) is 7.29. The lowest BCUT2D eigenvalue weighted by Gasteiger charge is -2.37. The molecule has 6 heteroatoms. The average Bonchev–Trinajstić information content (AvgIpc) is 2.60. The van der Waals surface area contributed by atoms with Gasteiger partial charge < -0.3 is 16.0 Å². The Morgan fingerprint density at radius 2 is 1.88 bits per heavy atom. The van der Waals surface area contributed by atoms with E-state index >= 15 is 0 Å². The molecule has 1 fully saturated rings. The maximum absolute atomic E-state index is 5.97. The Morgan fingerprint density at radius 3 is 2.50 bits per heavy atom. The molecular formula is C18H32IN5. The highest BCUT2D eigenvalue weighted by atomic mass is 127. The Morgan fingerprint density at radius 1 is 1.21 bits per heavy atom. The van der Waals surface area contributed by atoms with Crippen LogP contribution in [-0.2, 0) is 6.42 Å². The van der Waals surface area contributed by atoms with Crippen LogP contribution in [0.3, 0.4) is 0 Å². The van der Waals surface area contributed by atoms with Gasteiger partial charge in [0.05, 0.1) is 6.54 Å². The fraction of sp³-hybridized carbons (Fsp3) is 0.611. The summed E-state index contributed by atoms with van der Waals surface area (Å²) < 4.78 is 0. The molecule has 5 nitrogen and oxygen atoms in total. The quantitative estimate of drug-likeness (QED) is 0.382. The molecule has 1 heterocycles. The second-order valence-corrected chi connectivity index (χ2v) is 6.21. The summed E-state index contributed by atoms with van der Waals surface area (Å²) in [6.07, 6.45) is 0.964. The summed E-state index contributed by atoms with van der Waals surface area (Å²) in [7, 11) is 0. The third-order valence-electron chi connectivity index (χ3n) is 4.57. The molecule has 1 aliphatic rings. The Bertz CT molecular complexity index is 472. The summed E-state index contributed by atoms with van der Waals surface area (Å²) in [5.74, 6) is 0.556. The lowest BCUT2D eigenvalue weighted by Crippen LogP contribution is -2.50. The van der Waals surface area contributed by atoms with Gasteiger partial charge in [-0.1, -0.05) is 37.3 Å². The second kappa shape index (κ2) is 11.7. The highest BCUT2D eigenvalue weighted by Gasteiger charge is 2.19. The third-order valence-corrected chi connectivity index (χ3v) is 4.57. The van der Waals surface area contributed by atoms with Gasteiger partial charge in [-0.15, -0.1) is 24.0 Å². The van der Waals surface area contributed by atoms with Gasteiger partial charge in [-0.2, -0.15) is 0 Å². The van der Waals surface area contributed by atoms with Crippen molar-refractivity contribution >= 4 is 29.9 Å². The van der Waals surface area contributed by atoms with E-state index in [0.29, 0.717) is 12.0 Å². The minimum Gasteiger partial charge on any atom is -0.370 e. The van der Waals surface area contributed by atoms with Crippen molar-refractivity contribution in [2.24, 2.45) is 10.7 Å². The highest BCUT2D eigenvalue weighted by molar-refractivity contribution is 14.0. The van der Waals surface area contributed by atoms with E-state index in [-0.39, 0.29) is 24.0 Å². The molecule has 1 saturated heterocycles. The van der Waals surface area contributed by atoms with Gasteiger partial charge >= 0.3 is 0 Å². The first-order valence-corrected chi connectivity index (χ1v) is 8.73. The molecule has 0 saturated carbocycles. The number of nitrogens with zero attached hydrogens (tertiary/aromatic N) is 3. The van der Waals surface area contributed by atoms with E-state index in [9.17, 15) is 0 Å². The van der Waals surface area contributed by atoms with E-state index in [0.717, 1.165) is 52.2 Å². The lowest BCUT2D eigenvalue weighted by atomic mass is 10.1. The van der Waals surface area contributed by atoms with Crippen LogP contribution in [-0.4, -0.2) is 67.6 Å². The van der Waals surface area contributed by atoms with Crippen LogP contribution in [0.4, 0.5) is 0 Å². The van der Waals surface area contributed by atoms with Crippen LogP contribution in [0.2, 0.25) is 0 Å². The summed E-state index contributed by atoms with van der Waals surface area (Å²) in [6.45, 7) is 11.8. The molecule has 24 heavy (non-hydrogen) atoms. The van der Waals surface area contributed by atoms with Crippen LogP contribution in [0.25, 0.3) is 0 Å². The molecule has 1 aromatic rings. The van der Waals surface area contributed by atoms with Crippen molar-refractivity contribution in [1.82, 2.24) is 15.1 Å². The van der Waals surface area contributed by atoms with Gasteiger partial charge in [-0.3, -0.25) is 9.89 Å². The zero-order valence-electron chi connectivity index (χ0n) is 14.9. The van der Waals surface area contributed by atoms with Crippen LogP contribution >= 0.6 is 24.0 Å². The first-order chi connectivity index (χ1) is 11.2. The normalized spacial score (nSPS) is 18.0. The molecule has 0 aliphatic carbocycles. The molecule has 136 valence electrons. The van der Waals surface area contributed by atoms with Crippen LogP contribution < -0.4 is 11.1 Å². The summed E-state index contributed by atoms with van der Waals surface area (Å²) in [4.78, 5) is 9.50. The van der Waals surface area contributed by atoms with Crippen molar-refractivity contribution in [1.29, 1.82) is 0 Å².